The van der Waals surface area contributed by atoms with Crippen molar-refractivity contribution in [3.8, 4) is 0 Å². The number of aryl methyl sites for hydroxylation is 2. The number of nitrogens with zero attached hydrogens (tertiary/aromatic N) is 1. The molecule has 72 valence electrons. The van der Waals surface area contributed by atoms with Gasteiger partial charge in [0.05, 0.1) is 0 Å². The molecule has 1 heterocycles. The molecular formula is C11H12N2O. The minimum Gasteiger partial charge on any atom is -0.398 e. The van der Waals surface area contributed by atoms with Crippen molar-refractivity contribution in [2.45, 2.75) is 6.92 Å². The van der Waals surface area contributed by atoms with Crippen LogP contribution in [0.3, 0.4) is 0 Å². The average Bonchev–Trinajstić information content (AvgIpc) is 2.14. The molecule has 2 rings (SSSR count). The number of rotatable bonds is 0. The van der Waals surface area contributed by atoms with Gasteiger partial charge < -0.3 is 10.3 Å². The van der Waals surface area contributed by atoms with Crippen LogP contribution in [-0.4, -0.2) is 4.57 Å². The number of fused-ring (bicyclic) bond motifs is 1. The lowest BCUT2D eigenvalue weighted by atomic mass is 10.1. The van der Waals surface area contributed by atoms with E-state index in [-0.39, 0.29) is 5.56 Å². The van der Waals surface area contributed by atoms with E-state index >= 15 is 0 Å². The van der Waals surface area contributed by atoms with Crippen LogP contribution in [0, 0.1) is 6.92 Å². The molecule has 3 nitrogen and oxygen atoms in total. The first-order valence-electron chi connectivity index (χ1n) is 4.45. The van der Waals surface area contributed by atoms with Gasteiger partial charge in [-0.3, -0.25) is 4.79 Å². The molecule has 0 radical (unpaired) electrons. The van der Waals surface area contributed by atoms with Crippen LogP contribution in [0.25, 0.3) is 10.8 Å². The molecule has 2 N–H and O–H groups in total. The Morgan fingerprint density at radius 3 is 2.79 bits per heavy atom. The molecule has 0 saturated carbocycles. The van der Waals surface area contributed by atoms with Gasteiger partial charge in [0.15, 0.2) is 0 Å². The van der Waals surface area contributed by atoms with Gasteiger partial charge in [-0.05, 0) is 24.6 Å². The molecule has 0 unspecified atom stereocenters. The smallest absolute Gasteiger partial charge is 0.258 e. The molecule has 14 heavy (non-hydrogen) atoms. The second-order valence-electron chi connectivity index (χ2n) is 3.50. The first kappa shape index (κ1) is 8.81. The van der Waals surface area contributed by atoms with Gasteiger partial charge in [-0.2, -0.15) is 0 Å². The Morgan fingerprint density at radius 1 is 1.36 bits per heavy atom. The van der Waals surface area contributed by atoms with Gasteiger partial charge in [-0.25, -0.2) is 0 Å². The van der Waals surface area contributed by atoms with Crippen LogP contribution in [0.4, 0.5) is 5.69 Å². The molecular weight excluding hydrogens is 176 g/mol. The summed E-state index contributed by atoms with van der Waals surface area (Å²) in [5, 5.41) is 1.56. The van der Waals surface area contributed by atoms with E-state index in [2.05, 4.69) is 0 Å². The van der Waals surface area contributed by atoms with Crippen LogP contribution in [0.15, 0.2) is 29.2 Å². The Kier molecular flexibility index (Phi) is 1.81. The molecule has 1 aromatic heterocycles. The van der Waals surface area contributed by atoms with Crippen molar-refractivity contribution < 1.29 is 0 Å². The van der Waals surface area contributed by atoms with Crippen molar-refractivity contribution >= 4 is 16.5 Å². The highest BCUT2D eigenvalue weighted by Crippen LogP contribution is 2.20. The Bertz CT molecular complexity index is 555. The summed E-state index contributed by atoms with van der Waals surface area (Å²) in [5.41, 5.74) is 7.52. The maximum Gasteiger partial charge on any atom is 0.258 e. The zero-order chi connectivity index (χ0) is 10.3. The van der Waals surface area contributed by atoms with E-state index in [0.29, 0.717) is 11.1 Å². The molecule has 0 atom stereocenters. The lowest BCUT2D eigenvalue weighted by Gasteiger charge is -2.07. The Labute approximate surface area is 81.8 Å². The van der Waals surface area contributed by atoms with E-state index in [4.69, 9.17) is 5.73 Å². The zero-order valence-corrected chi connectivity index (χ0v) is 8.24. The molecule has 0 spiro atoms. The highest BCUT2D eigenvalue weighted by Gasteiger charge is 2.05. The minimum atomic E-state index is -0.00194. The highest BCUT2D eigenvalue weighted by molar-refractivity contribution is 5.94. The lowest BCUT2D eigenvalue weighted by Crippen LogP contribution is -2.17. The summed E-state index contributed by atoms with van der Waals surface area (Å²) < 4.78 is 1.58. The van der Waals surface area contributed by atoms with Crippen molar-refractivity contribution in [1.29, 1.82) is 0 Å². The molecule has 0 aliphatic carbocycles. The van der Waals surface area contributed by atoms with Crippen LogP contribution in [0.5, 0.6) is 0 Å². The van der Waals surface area contributed by atoms with Crippen molar-refractivity contribution in [3.63, 3.8) is 0 Å². The highest BCUT2D eigenvalue weighted by atomic mass is 16.1. The van der Waals surface area contributed by atoms with Crippen LogP contribution < -0.4 is 11.3 Å². The second-order valence-corrected chi connectivity index (χ2v) is 3.50. The largest absolute Gasteiger partial charge is 0.398 e. The van der Waals surface area contributed by atoms with E-state index in [0.717, 1.165) is 10.9 Å². The van der Waals surface area contributed by atoms with Crippen molar-refractivity contribution in [2.75, 3.05) is 5.73 Å². The fraction of sp³-hybridized carbons (Fsp3) is 0.182. The number of aromatic nitrogens is 1. The number of hydrogen-bond acceptors (Lipinski definition) is 2. The normalized spacial score (nSPS) is 10.7. The summed E-state index contributed by atoms with van der Waals surface area (Å²) in [7, 11) is 1.75. The van der Waals surface area contributed by atoms with Gasteiger partial charge in [0.2, 0.25) is 0 Å². The molecule has 0 amide bonds. The zero-order valence-electron chi connectivity index (χ0n) is 8.24. The number of anilines is 1. The van der Waals surface area contributed by atoms with E-state index in [9.17, 15) is 4.79 Å². The summed E-state index contributed by atoms with van der Waals surface area (Å²) >= 11 is 0. The third kappa shape index (κ3) is 1.09. The monoisotopic (exact) mass is 188 g/mol. The lowest BCUT2D eigenvalue weighted by molar-refractivity contribution is 0.866. The molecule has 0 fully saturated rings. The van der Waals surface area contributed by atoms with E-state index < -0.39 is 0 Å². The van der Waals surface area contributed by atoms with Crippen LogP contribution in [0.1, 0.15) is 5.56 Å². The summed E-state index contributed by atoms with van der Waals surface area (Å²) in [6.07, 6.45) is 1.81. The SMILES string of the molecule is Cc1cn(C)c(=O)c2cccc(N)c12. The van der Waals surface area contributed by atoms with Crippen LogP contribution in [0.2, 0.25) is 0 Å². The molecule has 0 aliphatic rings. The van der Waals surface area contributed by atoms with Gasteiger partial charge in [0.1, 0.15) is 0 Å². The van der Waals surface area contributed by atoms with Crippen molar-refractivity contribution in [3.05, 3.63) is 40.3 Å². The summed E-state index contributed by atoms with van der Waals surface area (Å²) in [6.45, 7) is 1.96. The number of benzene rings is 1. The average molecular weight is 188 g/mol. The summed E-state index contributed by atoms with van der Waals surface area (Å²) in [4.78, 5) is 11.7. The Hall–Kier alpha value is -1.77. The first-order chi connectivity index (χ1) is 6.61. The third-order valence-corrected chi connectivity index (χ3v) is 2.43. The second kappa shape index (κ2) is 2.87. The first-order valence-corrected chi connectivity index (χ1v) is 4.45. The van der Waals surface area contributed by atoms with Gasteiger partial charge in [-0.1, -0.05) is 6.07 Å². The van der Waals surface area contributed by atoms with E-state index in [1.807, 2.05) is 13.0 Å². The predicted molar refractivity (Wildman–Crippen MR) is 58.3 cm³/mol. The molecule has 3 heteroatoms. The van der Waals surface area contributed by atoms with E-state index in [1.165, 1.54) is 0 Å². The standard InChI is InChI=1S/C11H12N2O/c1-7-6-13(2)11(14)8-4-3-5-9(12)10(7)8/h3-6H,12H2,1-2H3. The maximum absolute atomic E-state index is 11.7. The molecule has 0 bridgehead atoms. The van der Waals surface area contributed by atoms with Gasteiger partial charge in [0, 0.05) is 29.7 Å². The fourth-order valence-electron chi connectivity index (χ4n) is 1.79. The number of nitrogens with two attached hydrogens (primary N) is 1. The number of hydrogen-bond donors (Lipinski definition) is 1. The number of nitrogen functional groups attached to an aromatic ring is 1. The molecule has 0 aliphatic heterocycles. The topological polar surface area (TPSA) is 48.0 Å². The van der Waals surface area contributed by atoms with E-state index in [1.54, 1.807) is 29.9 Å². The van der Waals surface area contributed by atoms with Gasteiger partial charge in [-0.15, -0.1) is 0 Å². The maximum atomic E-state index is 11.7. The summed E-state index contributed by atoms with van der Waals surface area (Å²) in [6, 6.07) is 5.42. The van der Waals surface area contributed by atoms with Crippen molar-refractivity contribution in [2.24, 2.45) is 7.05 Å². The third-order valence-electron chi connectivity index (χ3n) is 2.43. The quantitative estimate of drug-likeness (QED) is 0.636. The number of pyridine rings is 1. The minimum absolute atomic E-state index is 0.00194. The molecule has 0 saturated heterocycles. The molecule has 2 aromatic rings. The van der Waals surface area contributed by atoms with Crippen LogP contribution >= 0.6 is 0 Å². The molecule has 1 aromatic carbocycles. The summed E-state index contributed by atoms with van der Waals surface area (Å²) in [5.74, 6) is 0. The predicted octanol–water partition coefficient (Wildman–Crippen LogP) is 1.43. The van der Waals surface area contributed by atoms with Gasteiger partial charge >= 0.3 is 0 Å². The Balaban J connectivity index is 3.10. The van der Waals surface area contributed by atoms with Gasteiger partial charge in [0.25, 0.3) is 5.56 Å². The van der Waals surface area contributed by atoms with Crippen molar-refractivity contribution in [1.82, 2.24) is 4.57 Å². The van der Waals surface area contributed by atoms with Crippen LogP contribution in [-0.2, 0) is 7.05 Å². The Morgan fingerprint density at radius 2 is 2.07 bits per heavy atom. The fourth-order valence-corrected chi connectivity index (χ4v) is 1.79.